The minimum Gasteiger partial charge on any atom is -0.507 e. The van der Waals surface area contributed by atoms with Gasteiger partial charge in [-0.2, -0.15) is 13.2 Å². The summed E-state index contributed by atoms with van der Waals surface area (Å²) in [7, 11) is 0. The second-order valence-corrected chi connectivity index (χ2v) is 6.01. The molecule has 0 unspecified atom stereocenters. The van der Waals surface area contributed by atoms with Crippen molar-refractivity contribution in [3.05, 3.63) is 27.7 Å². The molecule has 0 amide bonds. The quantitative estimate of drug-likeness (QED) is 0.733. The molecule has 9 heteroatoms. The number of nitrogens with zero attached hydrogens (tertiary/aromatic N) is 1. The molecule has 0 radical (unpaired) electrons. The SMILES string of the molecule is CC[C@H](c1cc(Br)cc(C(F)(F)F)c1O)N1CCNCC1.Cl.Cl. The number of halogens is 6. The summed E-state index contributed by atoms with van der Waals surface area (Å²) in [5, 5.41) is 13.3. The zero-order chi connectivity index (χ0) is 15.6. The highest BCUT2D eigenvalue weighted by molar-refractivity contribution is 9.10. The lowest BCUT2D eigenvalue weighted by molar-refractivity contribution is -0.138. The van der Waals surface area contributed by atoms with Crippen LogP contribution in [-0.4, -0.2) is 36.2 Å². The highest BCUT2D eigenvalue weighted by Crippen LogP contribution is 2.43. The van der Waals surface area contributed by atoms with Gasteiger partial charge in [0.2, 0.25) is 0 Å². The van der Waals surface area contributed by atoms with Crippen LogP contribution in [0.3, 0.4) is 0 Å². The summed E-state index contributed by atoms with van der Waals surface area (Å²) >= 11 is 3.12. The lowest BCUT2D eigenvalue weighted by Gasteiger charge is -2.35. The van der Waals surface area contributed by atoms with Gasteiger partial charge < -0.3 is 10.4 Å². The van der Waals surface area contributed by atoms with Crippen LogP contribution in [0.4, 0.5) is 13.2 Å². The predicted octanol–water partition coefficient (Wildman–Crippen LogP) is 4.37. The second-order valence-electron chi connectivity index (χ2n) is 5.10. The Balaban J connectivity index is 0.00000242. The molecular formula is C14H20BrCl2F3N2O. The average Bonchev–Trinajstić information content (AvgIpc) is 2.43. The number of benzene rings is 1. The van der Waals surface area contributed by atoms with Crippen LogP contribution in [0.5, 0.6) is 5.75 Å². The van der Waals surface area contributed by atoms with Crippen molar-refractivity contribution in [1.29, 1.82) is 0 Å². The van der Waals surface area contributed by atoms with E-state index in [9.17, 15) is 18.3 Å². The molecule has 1 fully saturated rings. The lowest BCUT2D eigenvalue weighted by Crippen LogP contribution is -2.45. The second kappa shape index (κ2) is 9.32. The number of alkyl halides is 3. The molecule has 1 aromatic rings. The molecule has 1 atom stereocenters. The van der Waals surface area contributed by atoms with Crippen molar-refractivity contribution in [1.82, 2.24) is 10.2 Å². The van der Waals surface area contributed by atoms with Crippen molar-refractivity contribution >= 4 is 40.7 Å². The summed E-state index contributed by atoms with van der Waals surface area (Å²) in [6, 6.07) is 2.29. The Bertz CT molecular complexity index is 512. The fourth-order valence-corrected chi connectivity index (χ4v) is 3.23. The first-order valence-corrected chi connectivity index (χ1v) is 7.68. The molecule has 1 saturated heterocycles. The smallest absolute Gasteiger partial charge is 0.420 e. The lowest BCUT2D eigenvalue weighted by atomic mass is 9.98. The third-order valence-electron chi connectivity index (χ3n) is 3.75. The maximum absolute atomic E-state index is 13.0. The number of hydrogen-bond donors (Lipinski definition) is 2. The molecule has 0 aliphatic carbocycles. The van der Waals surface area contributed by atoms with Crippen LogP contribution < -0.4 is 5.32 Å². The summed E-state index contributed by atoms with van der Waals surface area (Å²) in [6.07, 6.45) is -3.92. The largest absolute Gasteiger partial charge is 0.507 e. The van der Waals surface area contributed by atoms with Gasteiger partial charge in [0.1, 0.15) is 5.75 Å². The van der Waals surface area contributed by atoms with Crippen LogP contribution in [0.25, 0.3) is 0 Å². The first-order valence-electron chi connectivity index (χ1n) is 6.89. The van der Waals surface area contributed by atoms with Gasteiger partial charge in [0, 0.05) is 42.3 Å². The molecule has 0 aromatic heterocycles. The Hall–Kier alpha value is -0.210. The van der Waals surface area contributed by atoms with E-state index in [2.05, 4.69) is 26.1 Å². The van der Waals surface area contributed by atoms with Gasteiger partial charge in [-0.3, -0.25) is 4.90 Å². The van der Waals surface area contributed by atoms with Gasteiger partial charge in [0.05, 0.1) is 5.56 Å². The number of phenolic OH excluding ortho intramolecular Hbond substituents is 1. The highest BCUT2D eigenvalue weighted by Gasteiger charge is 2.36. The summed E-state index contributed by atoms with van der Waals surface area (Å²) in [5.41, 5.74) is -0.651. The number of piperazine rings is 1. The first-order chi connectivity index (χ1) is 9.84. The monoisotopic (exact) mass is 438 g/mol. The van der Waals surface area contributed by atoms with E-state index in [4.69, 9.17) is 0 Å². The number of rotatable bonds is 3. The Morgan fingerprint density at radius 1 is 1.26 bits per heavy atom. The van der Waals surface area contributed by atoms with E-state index in [0.29, 0.717) is 16.5 Å². The molecule has 2 N–H and O–H groups in total. The van der Waals surface area contributed by atoms with Crippen LogP contribution in [0.15, 0.2) is 16.6 Å². The molecule has 3 nitrogen and oxygen atoms in total. The van der Waals surface area contributed by atoms with Crippen molar-refractivity contribution in [3.8, 4) is 5.75 Å². The molecule has 23 heavy (non-hydrogen) atoms. The van der Waals surface area contributed by atoms with Crippen LogP contribution in [-0.2, 0) is 6.18 Å². The van der Waals surface area contributed by atoms with Crippen molar-refractivity contribution < 1.29 is 18.3 Å². The number of hydrogen-bond acceptors (Lipinski definition) is 3. The van der Waals surface area contributed by atoms with E-state index in [-0.39, 0.29) is 30.9 Å². The summed E-state index contributed by atoms with van der Waals surface area (Å²) in [5.74, 6) is -0.656. The minimum absolute atomic E-state index is 0. The molecule has 0 spiro atoms. The zero-order valence-electron chi connectivity index (χ0n) is 12.5. The Morgan fingerprint density at radius 3 is 2.30 bits per heavy atom. The fourth-order valence-electron chi connectivity index (χ4n) is 2.76. The van der Waals surface area contributed by atoms with Crippen molar-refractivity contribution in [2.75, 3.05) is 26.2 Å². The van der Waals surface area contributed by atoms with E-state index in [1.807, 2.05) is 6.92 Å². The van der Waals surface area contributed by atoms with Gasteiger partial charge in [-0.15, -0.1) is 24.8 Å². The number of nitrogens with one attached hydrogen (secondary N) is 1. The third-order valence-corrected chi connectivity index (χ3v) is 4.21. The predicted molar refractivity (Wildman–Crippen MR) is 92.8 cm³/mol. The maximum Gasteiger partial charge on any atom is 0.420 e. The molecule has 1 aliphatic heterocycles. The Morgan fingerprint density at radius 2 is 1.83 bits per heavy atom. The fraction of sp³-hybridized carbons (Fsp3) is 0.571. The summed E-state index contributed by atoms with van der Waals surface area (Å²) in [4.78, 5) is 2.11. The molecule has 1 aliphatic rings. The molecular weight excluding hydrogens is 420 g/mol. The van der Waals surface area contributed by atoms with Crippen LogP contribution in [0.2, 0.25) is 0 Å². The Labute approximate surface area is 154 Å². The van der Waals surface area contributed by atoms with E-state index >= 15 is 0 Å². The number of phenols is 1. The number of aromatic hydroxyl groups is 1. The van der Waals surface area contributed by atoms with Crippen LogP contribution >= 0.6 is 40.7 Å². The van der Waals surface area contributed by atoms with Crippen molar-refractivity contribution in [2.24, 2.45) is 0 Å². The standard InChI is InChI=1S/C14H18BrF3N2O.2ClH/c1-2-12(20-5-3-19-4-6-20)10-7-9(15)8-11(13(10)21)14(16,17)18;;/h7-8,12,19,21H,2-6H2,1H3;2*1H/t12-;;/m1../s1. The topological polar surface area (TPSA) is 35.5 Å². The van der Waals surface area contributed by atoms with Gasteiger partial charge in [-0.05, 0) is 18.6 Å². The summed E-state index contributed by atoms with van der Waals surface area (Å²) in [6.45, 7) is 5.03. The van der Waals surface area contributed by atoms with Crippen LogP contribution in [0, 0.1) is 0 Å². The van der Waals surface area contributed by atoms with E-state index < -0.39 is 17.5 Å². The Kier molecular flexibility index (Phi) is 9.23. The van der Waals surface area contributed by atoms with Gasteiger partial charge in [0.15, 0.2) is 0 Å². The minimum atomic E-state index is -4.57. The third kappa shape index (κ3) is 5.39. The maximum atomic E-state index is 13.0. The summed E-state index contributed by atoms with van der Waals surface area (Å²) < 4.78 is 39.4. The average molecular weight is 440 g/mol. The van der Waals surface area contributed by atoms with Crippen molar-refractivity contribution in [2.45, 2.75) is 25.6 Å². The molecule has 2 rings (SSSR count). The van der Waals surface area contributed by atoms with E-state index in [1.54, 1.807) is 6.07 Å². The van der Waals surface area contributed by atoms with Crippen molar-refractivity contribution in [3.63, 3.8) is 0 Å². The van der Waals surface area contributed by atoms with E-state index in [0.717, 1.165) is 32.2 Å². The van der Waals surface area contributed by atoms with Gasteiger partial charge >= 0.3 is 6.18 Å². The zero-order valence-corrected chi connectivity index (χ0v) is 15.7. The first kappa shape index (κ1) is 22.8. The molecule has 1 aromatic carbocycles. The van der Waals surface area contributed by atoms with E-state index in [1.165, 1.54) is 0 Å². The highest BCUT2D eigenvalue weighted by atomic mass is 79.9. The molecule has 134 valence electrons. The molecule has 1 heterocycles. The van der Waals surface area contributed by atoms with Gasteiger partial charge in [0.25, 0.3) is 0 Å². The normalized spacial score (nSPS) is 17.1. The van der Waals surface area contributed by atoms with Gasteiger partial charge in [-0.1, -0.05) is 22.9 Å². The van der Waals surface area contributed by atoms with Crippen LogP contribution in [0.1, 0.15) is 30.5 Å². The molecule has 0 saturated carbocycles. The molecule has 0 bridgehead atoms. The van der Waals surface area contributed by atoms with Gasteiger partial charge in [-0.25, -0.2) is 0 Å².